The van der Waals surface area contributed by atoms with Gasteiger partial charge in [-0.05, 0) is 95.3 Å². The number of nitrogens with one attached hydrogen (secondary N) is 2. The fourth-order valence-electron chi connectivity index (χ4n) is 9.42. The van der Waals surface area contributed by atoms with E-state index in [1.807, 2.05) is 17.4 Å². The number of fused-ring (bicyclic) bond motifs is 6. The minimum Gasteiger partial charge on any atom is -0.455 e. The molecule has 2 aliphatic rings. The van der Waals surface area contributed by atoms with Gasteiger partial charge >= 0.3 is 0 Å². The van der Waals surface area contributed by atoms with E-state index in [-0.39, 0.29) is 12.3 Å². The van der Waals surface area contributed by atoms with Crippen molar-refractivity contribution < 1.29 is 4.42 Å². The molecule has 10 aromatic rings. The number of hydrogen-bond donors (Lipinski definition) is 2. The molecule has 63 heavy (non-hydrogen) atoms. The largest absolute Gasteiger partial charge is 0.455 e. The molecular formula is C57H42N4OS. The van der Waals surface area contributed by atoms with Gasteiger partial charge in [-0.3, -0.25) is 5.32 Å². The Balaban J connectivity index is 1.05. The number of benzene rings is 8. The number of hydrogen-bond acceptors (Lipinski definition) is 6. The summed E-state index contributed by atoms with van der Waals surface area (Å²) >= 11 is 1.84. The highest BCUT2D eigenvalue weighted by Gasteiger charge is 2.31. The van der Waals surface area contributed by atoms with Crippen molar-refractivity contribution in [2.75, 3.05) is 4.90 Å². The van der Waals surface area contributed by atoms with Crippen LogP contribution in [0, 0.1) is 0 Å². The van der Waals surface area contributed by atoms with Gasteiger partial charge in [-0.2, -0.15) is 0 Å². The van der Waals surface area contributed by atoms with E-state index in [0.717, 1.165) is 63.2 Å². The Hall–Kier alpha value is -7.51. The Morgan fingerprint density at radius 2 is 1.21 bits per heavy atom. The van der Waals surface area contributed by atoms with Gasteiger partial charge in [0, 0.05) is 42.5 Å². The van der Waals surface area contributed by atoms with E-state index < -0.39 is 0 Å². The molecule has 0 saturated carbocycles. The van der Waals surface area contributed by atoms with Gasteiger partial charge < -0.3 is 14.6 Å². The SMILES string of the molecule is C1=CCCC(C2NC(c3ccc(N(c4ccc(-c5ccccc5)cc4)c4ccc(-c5ccccc5)cc4)c4c3oc3ccccc34)=NC(c3cccc4sc5ccccc5c34)N2)=C1. The van der Waals surface area contributed by atoms with Crippen molar-refractivity contribution >= 4 is 76.3 Å². The first-order valence-electron chi connectivity index (χ1n) is 21.7. The van der Waals surface area contributed by atoms with Crippen molar-refractivity contribution in [1.29, 1.82) is 0 Å². The van der Waals surface area contributed by atoms with Gasteiger partial charge in [0.15, 0.2) is 0 Å². The number of amidine groups is 1. The normalized spacial score (nSPS) is 16.3. The highest BCUT2D eigenvalue weighted by molar-refractivity contribution is 7.25. The molecule has 0 radical (unpaired) electrons. The first-order valence-corrected chi connectivity index (χ1v) is 22.5. The summed E-state index contributed by atoms with van der Waals surface area (Å²) in [6.07, 6.45) is 8.20. The molecule has 8 aromatic carbocycles. The van der Waals surface area contributed by atoms with Crippen LogP contribution in [0.1, 0.15) is 30.1 Å². The Bertz CT molecular complexity index is 3320. The number of nitrogens with zero attached hydrogens (tertiary/aromatic N) is 2. The third-order valence-corrected chi connectivity index (χ3v) is 13.6. The minimum atomic E-state index is -0.304. The molecule has 0 amide bonds. The van der Waals surface area contributed by atoms with Gasteiger partial charge in [0.2, 0.25) is 0 Å². The van der Waals surface area contributed by atoms with Crippen molar-refractivity contribution in [2.45, 2.75) is 25.2 Å². The standard InChI is InChI=1S/C57H42N4OS/c1-4-15-37(16-5-1)39-27-31-42(32-28-39)61(43-33-29-40(30-34-43)38-17-6-2-7-18-38)48-36-35-47(54-53(48)44-21-10-12-24-49(44)62-54)57-59-55(41-19-8-3-9-20-41)58-56(60-57)46-23-14-26-51-52(46)45-22-11-13-25-50(45)63-51/h1-8,10-19,21-36,55-56,58H,9,20H2,(H,59,60). The van der Waals surface area contributed by atoms with E-state index in [4.69, 9.17) is 9.41 Å². The van der Waals surface area contributed by atoms with Gasteiger partial charge in [-0.15, -0.1) is 11.3 Å². The summed E-state index contributed by atoms with van der Waals surface area (Å²) in [5, 5.41) is 12.4. The number of furan rings is 1. The zero-order valence-electron chi connectivity index (χ0n) is 34.4. The quantitative estimate of drug-likeness (QED) is 0.160. The van der Waals surface area contributed by atoms with Crippen molar-refractivity contribution in [3.8, 4) is 22.3 Å². The van der Waals surface area contributed by atoms with Crippen molar-refractivity contribution in [3.63, 3.8) is 0 Å². The van der Waals surface area contributed by atoms with E-state index in [9.17, 15) is 0 Å². The molecule has 3 heterocycles. The predicted octanol–water partition coefficient (Wildman–Crippen LogP) is 15.0. The summed E-state index contributed by atoms with van der Waals surface area (Å²) in [5.74, 6) is 0.803. The summed E-state index contributed by atoms with van der Waals surface area (Å²) in [4.78, 5) is 7.94. The van der Waals surface area contributed by atoms with Crippen molar-refractivity contribution in [3.05, 3.63) is 223 Å². The second-order valence-corrected chi connectivity index (χ2v) is 17.3. The number of thiophene rings is 1. The maximum absolute atomic E-state index is 7.00. The molecule has 6 heteroatoms. The molecule has 302 valence electrons. The third-order valence-electron chi connectivity index (χ3n) is 12.5. The Morgan fingerprint density at radius 1 is 0.571 bits per heavy atom. The lowest BCUT2D eigenvalue weighted by Gasteiger charge is -2.34. The monoisotopic (exact) mass is 830 g/mol. The number of anilines is 3. The van der Waals surface area contributed by atoms with Crippen LogP contribution in [0.2, 0.25) is 0 Å². The van der Waals surface area contributed by atoms with Crippen LogP contribution in [0.15, 0.2) is 221 Å². The number of allylic oxidation sites excluding steroid dienone is 3. The van der Waals surface area contributed by atoms with E-state index in [2.05, 4.69) is 216 Å². The average Bonchev–Trinajstić information content (AvgIpc) is 3.95. The van der Waals surface area contributed by atoms with Crippen LogP contribution in [0.25, 0.3) is 64.4 Å². The highest BCUT2D eigenvalue weighted by Crippen LogP contribution is 2.46. The number of para-hydroxylation sites is 1. The molecule has 2 atom stereocenters. The topological polar surface area (TPSA) is 52.8 Å². The van der Waals surface area contributed by atoms with E-state index in [1.165, 1.54) is 53.6 Å². The van der Waals surface area contributed by atoms with Crippen molar-refractivity contribution in [2.24, 2.45) is 4.99 Å². The predicted molar refractivity (Wildman–Crippen MR) is 264 cm³/mol. The molecule has 0 spiro atoms. The van der Waals surface area contributed by atoms with E-state index in [1.54, 1.807) is 0 Å². The fourth-order valence-corrected chi connectivity index (χ4v) is 10.6. The van der Waals surface area contributed by atoms with Crippen LogP contribution in [-0.4, -0.2) is 12.0 Å². The molecule has 2 N–H and O–H groups in total. The van der Waals surface area contributed by atoms with Crippen LogP contribution in [-0.2, 0) is 0 Å². The Labute approximate surface area is 370 Å². The van der Waals surface area contributed by atoms with Gasteiger partial charge in [-0.1, -0.05) is 152 Å². The first-order chi connectivity index (χ1) is 31.2. The fraction of sp³-hybridized carbons (Fsp3) is 0.0702. The van der Waals surface area contributed by atoms with Gasteiger partial charge in [-0.25, -0.2) is 4.99 Å². The lowest BCUT2D eigenvalue weighted by atomic mass is 9.98. The van der Waals surface area contributed by atoms with Crippen LogP contribution in [0.3, 0.4) is 0 Å². The van der Waals surface area contributed by atoms with Crippen LogP contribution in [0.5, 0.6) is 0 Å². The summed E-state index contributed by atoms with van der Waals surface area (Å²) < 4.78 is 9.54. The maximum atomic E-state index is 7.00. The highest BCUT2D eigenvalue weighted by atomic mass is 32.1. The van der Waals surface area contributed by atoms with Gasteiger partial charge in [0.05, 0.1) is 16.6 Å². The molecule has 5 nitrogen and oxygen atoms in total. The third kappa shape index (κ3) is 6.72. The Morgan fingerprint density at radius 3 is 1.90 bits per heavy atom. The van der Waals surface area contributed by atoms with Crippen LogP contribution in [0.4, 0.5) is 17.1 Å². The van der Waals surface area contributed by atoms with E-state index in [0.29, 0.717) is 0 Å². The molecule has 0 fully saturated rings. The zero-order valence-corrected chi connectivity index (χ0v) is 35.2. The second-order valence-electron chi connectivity index (χ2n) is 16.2. The maximum Gasteiger partial charge on any atom is 0.148 e. The molecule has 12 rings (SSSR count). The minimum absolute atomic E-state index is 0.130. The van der Waals surface area contributed by atoms with Gasteiger partial charge in [0.1, 0.15) is 29.3 Å². The molecular weight excluding hydrogens is 789 g/mol. The lowest BCUT2D eigenvalue weighted by molar-refractivity contribution is 0.430. The summed E-state index contributed by atoms with van der Waals surface area (Å²) in [6.45, 7) is 0. The molecule has 2 unspecified atom stereocenters. The van der Waals surface area contributed by atoms with Crippen LogP contribution < -0.4 is 15.5 Å². The lowest BCUT2D eigenvalue weighted by Crippen LogP contribution is -2.52. The summed E-state index contributed by atoms with van der Waals surface area (Å²) in [5.41, 5.74) is 12.9. The number of aliphatic imine (C=N–C) groups is 1. The summed E-state index contributed by atoms with van der Waals surface area (Å²) in [7, 11) is 0. The molecule has 1 aliphatic heterocycles. The average molecular weight is 831 g/mol. The number of rotatable bonds is 8. The first kappa shape index (κ1) is 37.3. The smallest absolute Gasteiger partial charge is 0.148 e. The molecule has 0 saturated heterocycles. The summed E-state index contributed by atoms with van der Waals surface area (Å²) in [6, 6.07) is 67.1. The molecule has 1 aliphatic carbocycles. The van der Waals surface area contributed by atoms with Crippen LogP contribution >= 0.6 is 11.3 Å². The van der Waals surface area contributed by atoms with Crippen molar-refractivity contribution in [1.82, 2.24) is 10.6 Å². The Kier molecular flexibility index (Phi) is 9.32. The zero-order chi connectivity index (χ0) is 41.7. The van der Waals surface area contributed by atoms with E-state index >= 15 is 0 Å². The molecule has 2 aromatic heterocycles. The molecule has 0 bridgehead atoms. The second kappa shape index (κ2) is 15.8. The van der Waals surface area contributed by atoms with Gasteiger partial charge in [0.25, 0.3) is 0 Å².